The Morgan fingerprint density at radius 1 is 1.14 bits per heavy atom. The molecule has 0 aliphatic carbocycles. The number of hydrogen-bond acceptors (Lipinski definition) is 4. The molecule has 1 N–H and O–H groups in total. The van der Waals surface area contributed by atoms with E-state index in [1.165, 1.54) is 12.1 Å². The minimum Gasteiger partial charge on any atom is -0.502 e. The molecule has 5 nitrogen and oxygen atoms in total. The Hall–Kier alpha value is -2.69. The van der Waals surface area contributed by atoms with Crippen molar-refractivity contribution in [3.8, 4) is 5.75 Å². The zero-order chi connectivity index (χ0) is 15.6. The normalized spacial score (nSPS) is 10.6. The molecule has 0 saturated heterocycles. The third kappa shape index (κ3) is 2.91. The highest BCUT2D eigenvalue weighted by atomic mass is 16.6. The number of nitro groups is 1. The third-order valence-electron chi connectivity index (χ3n) is 3.30. The summed E-state index contributed by atoms with van der Waals surface area (Å²) in [4.78, 5) is 22.4. The summed E-state index contributed by atoms with van der Waals surface area (Å²) in [5.41, 5.74) is 0.936. The highest BCUT2D eigenvalue weighted by Crippen LogP contribution is 2.31. The smallest absolute Gasteiger partial charge is 0.311 e. The minimum absolute atomic E-state index is 0.0681. The first-order valence-corrected chi connectivity index (χ1v) is 6.53. The molecule has 21 heavy (non-hydrogen) atoms. The topological polar surface area (TPSA) is 80.4 Å². The zero-order valence-electron chi connectivity index (χ0n) is 11.7. The van der Waals surface area contributed by atoms with Crippen molar-refractivity contribution < 1.29 is 14.8 Å². The summed E-state index contributed by atoms with van der Waals surface area (Å²) in [6.45, 7) is 4.09. The number of carbonyl (C=O) groups excluding carboxylic acids is 1. The molecule has 0 saturated carbocycles. The molecule has 0 atom stereocenters. The van der Waals surface area contributed by atoms with Crippen molar-refractivity contribution in [3.63, 3.8) is 0 Å². The van der Waals surface area contributed by atoms with Crippen LogP contribution in [0.1, 0.15) is 41.3 Å². The highest BCUT2D eigenvalue weighted by Gasteiger charge is 2.21. The van der Waals surface area contributed by atoms with Crippen LogP contribution in [0.3, 0.4) is 0 Å². The number of hydrogen-bond donors (Lipinski definition) is 1. The van der Waals surface area contributed by atoms with E-state index in [0.717, 1.165) is 11.6 Å². The number of phenols is 1. The lowest BCUT2D eigenvalue weighted by Crippen LogP contribution is -2.03. The maximum Gasteiger partial charge on any atom is 0.311 e. The maximum atomic E-state index is 12.3. The van der Waals surface area contributed by atoms with Crippen LogP contribution in [0.5, 0.6) is 5.75 Å². The number of benzene rings is 2. The van der Waals surface area contributed by atoms with Crippen molar-refractivity contribution in [1.82, 2.24) is 0 Å². The van der Waals surface area contributed by atoms with Crippen LogP contribution in [-0.4, -0.2) is 15.8 Å². The van der Waals surface area contributed by atoms with Crippen molar-refractivity contribution in [2.45, 2.75) is 19.8 Å². The first-order chi connectivity index (χ1) is 9.91. The zero-order valence-corrected chi connectivity index (χ0v) is 11.7. The van der Waals surface area contributed by atoms with Gasteiger partial charge in [0.15, 0.2) is 5.78 Å². The molecule has 0 amide bonds. The van der Waals surface area contributed by atoms with E-state index in [2.05, 4.69) is 0 Å². The van der Waals surface area contributed by atoms with Crippen LogP contribution in [0.15, 0.2) is 42.5 Å². The standard InChI is InChI=1S/C16H15NO4/c1-10(2)11-6-8-12(9-7-11)15(18)13-4-3-5-14(16(13)19)17(20)21/h3-10,19H,1-2H3. The lowest BCUT2D eigenvalue weighted by Gasteiger charge is -2.07. The van der Waals surface area contributed by atoms with E-state index in [-0.39, 0.29) is 5.56 Å². The monoisotopic (exact) mass is 285 g/mol. The summed E-state index contributed by atoms with van der Waals surface area (Å²) >= 11 is 0. The number of rotatable bonds is 4. The van der Waals surface area contributed by atoms with Crippen molar-refractivity contribution >= 4 is 11.5 Å². The SMILES string of the molecule is CC(C)c1ccc(C(=O)c2cccc([N+](=O)[O-])c2O)cc1. The molecule has 0 radical (unpaired) electrons. The fourth-order valence-corrected chi connectivity index (χ4v) is 2.04. The predicted molar refractivity (Wildman–Crippen MR) is 78.7 cm³/mol. The number of ketones is 1. The van der Waals surface area contributed by atoms with Gasteiger partial charge in [0.25, 0.3) is 0 Å². The molecule has 2 aromatic carbocycles. The largest absolute Gasteiger partial charge is 0.502 e. The molecule has 108 valence electrons. The van der Waals surface area contributed by atoms with Crippen LogP contribution in [0, 0.1) is 10.1 Å². The van der Waals surface area contributed by atoms with Gasteiger partial charge in [0.05, 0.1) is 10.5 Å². The molecule has 0 unspecified atom stereocenters. The number of nitro benzene ring substituents is 1. The molecule has 0 aliphatic rings. The summed E-state index contributed by atoms with van der Waals surface area (Å²) in [7, 11) is 0. The number of phenolic OH excluding ortho intramolecular Hbond substituents is 1. The second-order valence-corrected chi connectivity index (χ2v) is 5.04. The van der Waals surface area contributed by atoms with E-state index in [0.29, 0.717) is 11.5 Å². The van der Waals surface area contributed by atoms with E-state index in [1.54, 1.807) is 12.1 Å². The molecular formula is C16H15NO4. The Balaban J connectivity index is 2.40. The van der Waals surface area contributed by atoms with Gasteiger partial charge in [-0.2, -0.15) is 0 Å². The van der Waals surface area contributed by atoms with Gasteiger partial charge in [-0.15, -0.1) is 0 Å². The molecule has 5 heteroatoms. The number of carbonyl (C=O) groups is 1. The fourth-order valence-electron chi connectivity index (χ4n) is 2.04. The molecule has 0 bridgehead atoms. The van der Waals surface area contributed by atoms with Gasteiger partial charge in [-0.25, -0.2) is 0 Å². The molecule has 0 heterocycles. The van der Waals surface area contributed by atoms with E-state index < -0.39 is 22.1 Å². The van der Waals surface area contributed by atoms with Crippen LogP contribution in [-0.2, 0) is 0 Å². The van der Waals surface area contributed by atoms with Crippen LogP contribution < -0.4 is 0 Å². The number of para-hydroxylation sites is 1. The maximum absolute atomic E-state index is 12.3. The van der Waals surface area contributed by atoms with E-state index in [1.807, 2.05) is 26.0 Å². The first-order valence-electron chi connectivity index (χ1n) is 6.53. The van der Waals surface area contributed by atoms with Crippen molar-refractivity contribution in [2.24, 2.45) is 0 Å². The quantitative estimate of drug-likeness (QED) is 0.528. The molecule has 2 rings (SSSR count). The van der Waals surface area contributed by atoms with Gasteiger partial charge in [-0.05, 0) is 17.5 Å². The Bertz CT molecular complexity index is 690. The van der Waals surface area contributed by atoms with Crippen LogP contribution >= 0.6 is 0 Å². The summed E-state index contributed by atoms with van der Waals surface area (Å²) in [6.07, 6.45) is 0. The summed E-state index contributed by atoms with van der Waals surface area (Å²) in [5.74, 6) is -0.688. The van der Waals surface area contributed by atoms with Gasteiger partial charge in [-0.3, -0.25) is 14.9 Å². The Morgan fingerprint density at radius 2 is 1.76 bits per heavy atom. The Kier molecular flexibility index (Phi) is 4.03. The molecule has 0 spiro atoms. The van der Waals surface area contributed by atoms with Gasteiger partial charge < -0.3 is 5.11 Å². The summed E-state index contributed by atoms with van der Waals surface area (Å²) < 4.78 is 0. The lowest BCUT2D eigenvalue weighted by atomic mass is 9.97. The second-order valence-electron chi connectivity index (χ2n) is 5.04. The van der Waals surface area contributed by atoms with E-state index >= 15 is 0 Å². The predicted octanol–water partition coefficient (Wildman–Crippen LogP) is 3.65. The number of nitrogens with zero attached hydrogens (tertiary/aromatic N) is 1. The fraction of sp³-hybridized carbons (Fsp3) is 0.188. The average molecular weight is 285 g/mol. The summed E-state index contributed by atoms with van der Waals surface area (Å²) in [6, 6.07) is 10.9. The van der Waals surface area contributed by atoms with Gasteiger partial charge in [-0.1, -0.05) is 44.2 Å². The van der Waals surface area contributed by atoms with Gasteiger partial charge >= 0.3 is 5.69 Å². The van der Waals surface area contributed by atoms with Crippen molar-refractivity contribution in [1.29, 1.82) is 0 Å². The Labute approximate surface area is 122 Å². The van der Waals surface area contributed by atoms with Crippen molar-refractivity contribution in [2.75, 3.05) is 0 Å². The van der Waals surface area contributed by atoms with E-state index in [9.17, 15) is 20.0 Å². The number of aromatic hydroxyl groups is 1. The van der Waals surface area contributed by atoms with Crippen molar-refractivity contribution in [3.05, 3.63) is 69.3 Å². The average Bonchev–Trinajstić information content (AvgIpc) is 2.46. The molecule has 2 aromatic rings. The first kappa shape index (κ1) is 14.7. The lowest BCUT2D eigenvalue weighted by molar-refractivity contribution is -0.385. The van der Waals surface area contributed by atoms with Crippen LogP contribution in [0.4, 0.5) is 5.69 Å². The molecule has 0 fully saturated rings. The summed E-state index contributed by atoms with van der Waals surface area (Å²) in [5, 5.41) is 20.7. The van der Waals surface area contributed by atoms with Gasteiger partial charge in [0.1, 0.15) is 0 Å². The third-order valence-corrected chi connectivity index (χ3v) is 3.30. The molecule has 0 aliphatic heterocycles. The Morgan fingerprint density at radius 3 is 2.29 bits per heavy atom. The molecule has 0 aromatic heterocycles. The minimum atomic E-state index is -0.714. The second kappa shape index (κ2) is 5.75. The molecular weight excluding hydrogens is 270 g/mol. The highest BCUT2D eigenvalue weighted by molar-refractivity contribution is 6.11. The van der Waals surface area contributed by atoms with Gasteiger partial charge in [0, 0.05) is 11.6 Å². The van der Waals surface area contributed by atoms with Crippen LogP contribution in [0.25, 0.3) is 0 Å². The van der Waals surface area contributed by atoms with E-state index in [4.69, 9.17) is 0 Å². The van der Waals surface area contributed by atoms with Crippen LogP contribution in [0.2, 0.25) is 0 Å². The van der Waals surface area contributed by atoms with Gasteiger partial charge in [0.2, 0.25) is 5.75 Å².